The molecule has 0 aliphatic heterocycles. The topological polar surface area (TPSA) is 51.7 Å². The van der Waals surface area contributed by atoms with E-state index in [1.165, 1.54) is 7.11 Å². The standard InChI is InChI=1S/C11H14I2N2O3/c1-4-15(5-2)11(16)18-9-7(17-3)6-8(12)14-10(9)13/h6H,4-5H2,1-3H3. The fourth-order valence-corrected chi connectivity index (χ4v) is 2.95. The van der Waals surface area contributed by atoms with Gasteiger partial charge in [-0.3, -0.25) is 0 Å². The van der Waals surface area contributed by atoms with E-state index in [0.29, 0.717) is 28.3 Å². The first-order valence-electron chi connectivity index (χ1n) is 5.40. The second kappa shape index (κ2) is 7.31. The molecule has 1 amide bonds. The van der Waals surface area contributed by atoms with Crippen LogP contribution in [0.5, 0.6) is 11.5 Å². The van der Waals surface area contributed by atoms with Crippen molar-refractivity contribution in [3.05, 3.63) is 13.5 Å². The average molecular weight is 476 g/mol. The van der Waals surface area contributed by atoms with E-state index >= 15 is 0 Å². The fraction of sp³-hybridized carbons (Fsp3) is 0.455. The van der Waals surface area contributed by atoms with Crippen molar-refractivity contribution in [2.45, 2.75) is 13.8 Å². The minimum absolute atomic E-state index is 0.371. The highest BCUT2D eigenvalue weighted by molar-refractivity contribution is 14.1. The molecule has 0 N–H and O–H groups in total. The molecule has 7 heteroatoms. The van der Waals surface area contributed by atoms with Gasteiger partial charge in [0.25, 0.3) is 0 Å². The Morgan fingerprint density at radius 3 is 2.50 bits per heavy atom. The summed E-state index contributed by atoms with van der Waals surface area (Å²) in [6, 6.07) is 1.73. The molecule has 0 atom stereocenters. The van der Waals surface area contributed by atoms with Crippen LogP contribution in [0.1, 0.15) is 13.8 Å². The van der Waals surface area contributed by atoms with E-state index in [1.54, 1.807) is 11.0 Å². The minimum Gasteiger partial charge on any atom is -0.493 e. The molecule has 0 aliphatic rings. The summed E-state index contributed by atoms with van der Waals surface area (Å²) in [6.07, 6.45) is -0.390. The zero-order chi connectivity index (χ0) is 13.7. The number of nitrogens with zero attached hydrogens (tertiary/aromatic N) is 2. The van der Waals surface area contributed by atoms with Gasteiger partial charge in [-0.1, -0.05) is 0 Å². The molecule has 1 heterocycles. The molecule has 18 heavy (non-hydrogen) atoms. The maximum atomic E-state index is 11.9. The second-order valence-electron chi connectivity index (χ2n) is 3.31. The van der Waals surface area contributed by atoms with Gasteiger partial charge in [0.05, 0.1) is 7.11 Å². The van der Waals surface area contributed by atoms with Crippen LogP contribution in [0.3, 0.4) is 0 Å². The van der Waals surface area contributed by atoms with Gasteiger partial charge in [0, 0.05) is 19.2 Å². The van der Waals surface area contributed by atoms with Gasteiger partial charge in [-0.2, -0.15) is 0 Å². The van der Waals surface area contributed by atoms with Crippen molar-refractivity contribution in [1.82, 2.24) is 9.88 Å². The predicted molar refractivity (Wildman–Crippen MR) is 85.2 cm³/mol. The first-order chi connectivity index (χ1) is 8.53. The quantitative estimate of drug-likeness (QED) is 0.496. The monoisotopic (exact) mass is 476 g/mol. The van der Waals surface area contributed by atoms with Crippen LogP contribution in [0, 0.1) is 7.40 Å². The second-order valence-corrected chi connectivity index (χ2v) is 5.43. The van der Waals surface area contributed by atoms with Crippen LogP contribution in [-0.2, 0) is 0 Å². The van der Waals surface area contributed by atoms with Crippen LogP contribution in [0.4, 0.5) is 4.79 Å². The zero-order valence-corrected chi connectivity index (χ0v) is 14.7. The van der Waals surface area contributed by atoms with Crippen LogP contribution in [0.15, 0.2) is 6.07 Å². The van der Waals surface area contributed by atoms with Crippen molar-refractivity contribution in [2.75, 3.05) is 20.2 Å². The summed E-state index contributed by atoms with van der Waals surface area (Å²) in [6.45, 7) is 5.01. The SMILES string of the molecule is CCN(CC)C(=O)Oc1c(OC)cc(I)nc1I. The van der Waals surface area contributed by atoms with Crippen molar-refractivity contribution in [1.29, 1.82) is 0 Å². The third kappa shape index (κ3) is 3.84. The van der Waals surface area contributed by atoms with E-state index in [1.807, 2.05) is 36.4 Å². The molecule has 0 saturated carbocycles. The molecule has 1 aromatic rings. The summed E-state index contributed by atoms with van der Waals surface area (Å²) in [4.78, 5) is 17.7. The van der Waals surface area contributed by atoms with Gasteiger partial charge in [-0.05, 0) is 59.0 Å². The summed E-state index contributed by atoms with van der Waals surface area (Å²) in [5, 5.41) is 0. The van der Waals surface area contributed by atoms with Crippen LogP contribution < -0.4 is 9.47 Å². The van der Waals surface area contributed by atoms with Crippen LogP contribution in [0.2, 0.25) is 0 Å². The van der Waals surface area contributed by atoms with Crippen LogP contribution in [-0.4, -0.2) is 36.2 Å². The number of carbonyl (C=O) groups is 1. The molecule has 0 unspecified atom stereocenters. The van der Waals surface area contributed by atoms with Crippen molar-refractivity contribution >= 4 is 51.3 Å². The molecule has 1 rings (SSSR count). The lowest BCUT2D eigenvalue weighted by Crippen LogP contribution is -2.33. The van der Waals surface area contributed by atoms with Gasteiger partial charge in [0.2, 0.25) is 5.75 Å². The van der Waals surface area contributed by atoms with Gasteiger partial charge >= 0.3 is 6.09 Å². The first kappa shape index (κ1) is 15.7. The number of aromatic nitrogens is 1. The van der Waals surface area contributed by atoms with E-state index in [-0.39, 0.29) is 6.09 Å². The van der Waals surface area contributed by atoms with Crippen molar-refractivity contribution in [3.8, 4) is 11.5 Å². The molecule has 5 nitrogen and oxygen atoms in total. The van der Waals surface area contributed by atoms with E-state index in [2.05, 4.69) is 27.6 Å². The molecule has 0 radical (unpaired) electrons. The highest BCUT2D eigenvalue weighted by atomic mass is 127. The van der Waals surface area contributed by atoms with Gasteiger partial charge in [-0.25, -0.2) is 9.78 Å². The number of methoxy groups -OCH3 is 1. The Morgan fingerprint density at radius 1 is 1.39 bits per heavy atom. The molecule has 0 aliphatic carbocycles. The van der Waals surface area contributed by atoms with Gasteiger partial charge < -0.3 is 14.4 Å². The first-order valence-corrected chi connectivity index (χ1v) is 7.56. The summed E-state index contributed by atoms with van der Waals surface area (Å²) >= 11 is 4.11. The Labute approximate surface area is 134 Å². The Bertz CT molecular complexity index is 437. The molecular formula is C11H14I2N2O3. The summed E-state index contributed by atoms with van der Waals surface area (Å²) in [7, 11) is 1.54. The van der Waals surface area contributed by atoms with Crippen LogP contribution in [0.25, 0.3) is 0 Å². The van der Waals surface area contributed by atoms with Gasteiger partial charge in [-0.15, -0.1) is 0 Å². The van der Waals surface area contributed by atoms with Crippen molar-refractivity contribution in [3.63, 3.8) is 0 Å². The van der Waals surface area contributed by atoms with Crippen molar-refractivity contribution in [2.24, 2.45) is 0 Å². The number of carbonyl (C=O) groups excluding carboxylic acids is 1. The third-order valence-electron chi connectivity index (χ3n) is 2.30. The van der Waals surface area contributed by atoms with E-state index < -0.39 is 0 Å². The van der Waals surface area contributed by atoms with Crippen molar-refractivity contribution < 1.29 is 14.3 Å². The zero-order valence-electron chi connectivity index (χ0n) is 10.4. The maximum absolute atomic E-state index is 11.9. The number of ether oxygens (including phenoxy) is 2. The highest BCUT2D eigenvalue weighted by Crippen LogP contribution is 2.32. The summed E-state index contributed by atoms with van der Waals surface area (Å²) < 4.78 is 12.0. The number of rotatable bonds is 4. The molecule has 100 valence electrons. The number of amides is 1. The Morgan fingerprint density at radius 2 is 2.00 bits per heavy atom. The van der Waals surface area contributed by atoms with Crippen LogP contribution >= 0.6 is 45.2 Å². The third-order valence-corrected chi connectivity index (χ3v) is 3.58. The lowest BCUT2D eigenvalue weighted by molar-refractivity contribution is 0.155. The van der Waals surface area contributed by atoms with Gasteiger partial charge in [0.1, 0.15) is 7.40 Å². The largest absolute Gasteiger partial charge is 0.493 e. The molecule has 0 saturated heterocycles. The number of hydrogen-bond acceptors (Lipinski definition) is 4. The summed E-state index contributed by atoms with van der Waals surface area (Å²) in [5.74, 6) is 0.884. The average Bonchev–Trinajstić information content (AvgIpc) is 2.33. The lowest BCUT2D eigenvalue weighted by Gasteiger charge is -2.19. The maximum Gasteiger partial charge on any atom is 0.415 e. The summed E-state index contributed by atoms with van der Waals surface area (Å²) in [5.41, 5.74) is 0. The molecule has 0 bridgehead atoms. The molecule has 0 aromatic carbocycles. The Kier molecular flexibility index (Phi) is 6.39. The molecule has 0 fully saturated rings. The molecular weight excluding hydrogens is 462 g/mol. The normalized spacial score (nSPS) is 10.1. The number of hydrogen-bond donors (Lipinski definition) is 0. The highest BCUT2D eigenvalue weighted by Gasteiger charge is 2.19. The molecule has 0 spiro atoms. The van der Waals surface area contributed by atoms with E-state index in [9.17, 15) is 4.79 Å². The fourth-order valence-electron chi connectivity index (χ4n) is 1.33. The predicted octanol–water partition coefficient (Wildman–Crippen LogP) is 3.14. The molecule has 1 aromatic heterocycles. The minimum atomic E-state index is -0.390. The number of pyridine rings is 1. The Hall–Kier alpha value is -0.320. The lowest BCUT2D eigenvalue weighted by atomic mass is 10.4. The van der Waals surface area contributed by atoms with E-state index in [4.69, 9.17) is 9.47 Å². The Balaban J connectivity index is 3.00. The number of halogens is 2. The van der Waals surface area contributed by atoms with E-state index in [0.717, 1.165) is 3.70 Å². The smallest absolute Gasteiger partial charge is 0.415 e. The van der Waals surface area contributed by atoms with Gasteiger partial charge in [0.15, 0.2) is 5.75 Å².